The van der Waals surface area contributed by atoms with Gasteiger partial charge in [0.15, 0.2) is 7.98 Å². The molecular weight excluding hydrogens is 120 g/mol. The second-order valence-corrected chi connectivity index (χ2v) is 3.09. The number of hydrogen-bond donors (Lipinski definition) is 0. The lowest BCUT2D eigenvalue weighted by atomic mass is 10.2. The predicted octanol–water partition coefficient (Wildman–Crippen LogP) is 0.236. The molecule has 3 heteroatoms. The fourth-order valence-corrected chi connectivity index (χ4v) is 1.34. The first-order valence-electron chi connectivity index (χ1n) is 3.06. The Labute approximate surface area is 56.4 Å². The van der Waals surface area contributed by atoms with Gasteiger partial charge in [0.1, 0.15) is 0 Å². The molecule has 1 heterocycles. The molecule has 46 valence electrons. The van der Waals surface area contributed by atoms with Crippen molar-refractivity contribution in [3.05, 3.63) is 0 Å². The molecule has 0 radical (unpaired) electrons. The first-order valence-corrected chi connectivity index (χ1v) is 3.50. The molecule has 0 spiro atoms. The van der Waals surface area contributed by atoms with E-state index in [1.54, 1.807) is 0 Å². The maximum atomic E-state index is 5.92. The largest absolute Gasteiger partial charge is 0.345 e. The Balaban J connectivity index is 2.44. The summed E-state index contributed by atoms with van der Waals surface area (Å²) in [6.45, 7) is 3.33. The van der Waals surface area contributed by atoms with Crippen LogP contribution in [0.15, 0.2) is 0 Å². The molecule has 0 aromatic carbocycles. The van der Waals surface area contributed by atoms with E-state index in [4.69, 9.17) is 11.6 Å². The van der Waals surface area contributed by atoms with Gasteiger partial charge < -0.3 is 4.81 Å². The van der Waals surface area contributed by atoms with E-state index in [0.717, 1.165) is 13.0 Å². The molecule has 0 aliphatic carbocycles. The van der Waals surface area contributed by atoms with Crippen LogP contribution in [0, 0.1) is 0 Å². The summed E-state index contributed by atoms with van der Waals surface area (Å²) in [6, 6.07) is 0.580. The van der Waals surface area contributed by atoms with Crippen molar-refractivity contribution in [3.8, 4) is 0 Å². The zero-order valence-corrected chi connectivity index (χ0v) is 6.15. The van der Waals surface area contributed by atoms with Gasteiger partial charge in [0.05, 0.1) is 0 Å². The van der Waals surface area contributed by atoms with Gasteiger partial charge >= 0.3 is 0 Å². The van der Waals surface area contributed by atoms with Crippen molar-refractivity contribution in [1.82, 2.24) is 4.81 Å². The molecule has 0 aromatic rings. The molecule has 1 aliphatic rings. The van der Waals surface area contributed by atoms with Crippen molar-refractivity contribution in [1.29, 1.82) is 0 Å². The molecule has 0 bridgehead atoms. The highest BCUT2D eigenvalue weighted by molar-refractivity contribution is 6.21. The zero-order chi connectivity index (χ0) is 6.15. The van der Waals surface area contributed by atoms with Crippen molar-refractivity contribution in [2.45, 2.75) is 24.8 Å². The van der Waals surface area contributed by atoms with Crippen molar-refractivity contribution in [2.24, 2.45) is 0 Å². The lowest BCUT2D eigenvalue weighted by Crippen LogP contribution is -2.27. The Bertz CT molecular complexity index is 78.5. The minimum absolute atomic E-state index is 0.389. The van der Waals surface area contributed by atoms with E-state index in [1.807, 2.05) is 0 Å². The summed E-state index contributed by atoms with van der Waals surface area (Å²) in [6.07, 6.45) is 1.15. The van der Waals surface area contributed by atoms with Gasteiger partial charge in [0.25, 0.3) is 0 Å². The van der Waals surface area contributed by atoms with Crippen molar-refractivity contribution in [3.63, 3.8) is 0 Å². The van der Waals surface area contributed by atoms with E-state index in [-0.39, 0.29) is 0 Å². The Morgan fingerprint density at radius 2 is 2.38 bits per heavy atom. The molecule has 2 atom stereocenters. The molecule has 8 heavy (non-hydrogen) atoms. The van der Waals surface area contributed by atoms with Crippen LogP contribution in [0.2, 0.25) is 0 Å². The molecule has 0 N–H and O–H groups in total. The van der Waals surface area contributed by atoms with Crippen LogP contribution in [0.1, 0.15) is 13.3 Å². The van der Waals surface area contributed by atoms with Gasteiger partial charge in [-0.2, -0.15) is 0 Å². The standard InChI is InChI=1S/C5H11BClN/c1-4-5(7)2-3-8(4)6/h4-5H,2-3,6H2,1H3. The Hall–Kier alpha value is 0.315. The van der Waals surface area contributed by atoms with Crippen LogP contribution < -0.4 is 0 Å². The van der Waals surface area contributed by atoms with Crippen LogP contribution in [0.3, 0.4) is 0 Å². The van der Waals surface area contributed by atoms with Crippen molar-refractivity contribution < 1.29 is 0 Å². The number of alkyl halides is 1. The summed E-state index contributed by atoms with van der Waals surface area (Å²) in [5, 5.41) is 0.389. The van der Waals surface area contributed by atoms with Gasteiger partial charge in [-0.3, -0.25) is 0 Å². The minimum Gasteiger partial charge on any atom is -0.345 e. The fraction of sp³-hybridized carbons (Fsp3) is 1.00. The molecule has 0 saturated carbocycles. The zero-order valence-electron chi connectivity index (χ0n) is 5.39. The van der Waals surface area contributed by atoms with Crippen LogP contribution in [0.5, 0.6) is 0 Å². The first kappa shape index (κ1) is 6.44. The monoisotopic (exact) mass is 131 g/mol. The maximum Gasteiger partial charge on any atom is 0.185 e. The van der Waals surface area contributed by atoms with Crippen LogP contribution >= 0.6 is 11.6 Å². The van der Waals surface area contributed by atoms with E-state index in [2.05, 4.69) is 19.7 Å². The van der Waals surface area contributed by atoms with Crippen LogP contribution in [-0.2, 0) is 0 Å². The van der Waals surface area contributed by atoms with Gasteiger partial charge in [0.2, 0.25) is 0 Å². The number of halogens is 1. The number of nitrogens with zero attached hydrogens (tertiary/aromatic N) is 1. The molecule has 1 aliphatic heterocycles. The van der Waals surface area contributed by atoms with Crippen LogP contribution in [0.25, 0.3) is 0 Å². The summed E-state index contributed by atoms with van der Waals surface area (Å²) in [4.78, 5) is 2.29. The normalized spacial score (nSPS) is 40.8. The third-order valence-electron chi connectivity index (χ3n) is 1.98. The predicted molar refractivity (Wildman–Crippen MR) is 39.0 cm³/mol. The van der Waals surface area contributed by atoms with Crippen molar-refractivity contribution >= 4 is 19.6 Å². The fourth-order valence-electron chi connectivity index (χ4n) is 1.05. The van der Waals surface area contributed by atoms with Crippen LogP contribution in [0.4, 0.5) is 0 Å². The van der Waals surface area contributed by atoms with Crippen LogP contribution in [-0.4, -0.2) is 30.8 Å². The van der Waals surface area contributed by atoms with Crippen molar-refractivity contribution in [2.75, 3.05) is 6.54 Å². The second kappa shape index (κ2) is 2.28. The highest BCUT2D eigenvalue weighted by atomic mass is 35.5. The van der Waals surface area contributed by atoms with E-state index < -0.39 is 0 Å². The van der Waals surface area contributed by atoms with Gasteiger partial charge in [-0.25, -0.2) is 0 Å². The van der Waals surface area contributed by atoms with E-state index in [1.165, 1.54) is 0 Å². The molecule has 1 rings (SSSR count). The molecule has 0 amide bonds. The topological polar surface area (TPSA) is 3.24 Å². The molecule has 2 unspecified atom stereocenters. The van der Waals surface area contributed by atoms with Gasteiger partial charge in [-0.05, 0) is 19.9 Å². The lowest BCUT2D eigenvalue weighted by molar-refractivity contribution is 0.452. The quantitative estimate of drug-likeness (QED) is 0.336. The third-order valence-corrected chi connectivity index (χ3v) is 2.56. The highest BCUT2D eigenvalue weighted by Gasteiger charge is 2.24. The maximum absolute atomic E-state index is 5.92. The highest BCUT2D eigenvalue weighted by Crippen LogP contribution is 2.19. The number of rotatable bonds is 0. The van der Waals surface area contributed by atoms with E-state index >= 15 is 0 Å². The average molecular weight is 131 g/mol. The van der Waals surface area contributed by atoms with Gasteiger partial charge in [-0.15, -0.1) is 11.6 Å². The van der Waals surface area contributed by atoms with E-state index in [9.17, 15) is 0 Å². The third kappa shape index (κ3) is 1.01. The first-order chi connectivity index (χ1) is 3.72. The minimum atomic E-state index is 0.389. The molecule has 1 saturated heterocycles. The van der Waals surface area contributed by atoms with Gasteiger partial charge in [0, 0.05) is 11.4 Å². The molecular formula is C5H11BClN. The second-order valence-electron chi connectivity index (χ2n) is 2.53. The lowest BCUT2D eigenvalue weighted by Gasteiger charge is -2.15. The average Bonchev–Trinajstić information content (AvgIpc) is 1.98. The summed E-state index contributed by atoms with van der Waals surface area (Å²) in [7, 11) is 2.12. The smallest absolute Gasteiger partial charge is 0.185 e. The summed E-state index contributed by atoms with van der Waals surface area (Å²) < 4.78 is 0. The summed E-state index contributed by atoms with van der Waals surface area (Å²) in [5.41, 5.74) is 0. The molecule has 1 nitrogen and oxygen atoms in total. The summed E-state index contributed by atoms with van der Waals surface area (Å²) in [5.74, 6) is 0. The Morgan fingerprint density at radius 1 is 1.75 bits per heavy atom. The SMILES string of the molecule is BN1CCC(Cl)C1C. The van der Waals surface area contributed by atoms with Gasteiger partial charge in [-0.1, -0.05) is 0 Å². The Morgan fingerprint density at radius 3 is 2.50 bits per heavy atom. The molecule has 0 aromatic heterocycles. The summed E-state index contributed by atoms with van der Waals surface area (Å²) >= 11 is 5.92. The number of hydrogen-bond acceptors (Lipinski definition) is 1. The Kier molecular flexibility index (Phi) is 1.83. The molecule has 1 fully saturated rings. The van der Waals surface area contributed by atoms with E-state index in [0.29, 0.717) is 11.4 Å².